The summed E-state index contributed by atoms with van der Waals surface area (Å²) in [6.45, 7) is -0.530. The summed E-state index contributed by atoms with van der Waals surface area (Å²) in [6.07, 6.45) is 0. The van der Waals surface area contributed by atoms with Crippen LogP contribution in [0.25, 0.3) is 0 Å². The lowest BCUT2D eigenvalue weighted by molar-refractivity contribution is 0.0774. The number of hydrogen-bond acceptors (Lipinski definition) is 5. The molecule has 1 aromatic heterocycles. The van der Waals surface area contributed by atoms with E-state index < -0.39 is 24.0 Å². The van der Waals surface area contributed by atoms with Crippen molar-refractivity contribution in [3.8, 4) is 5.88 Å². The number of carbonyl (C=O) groups is 1. The van der Waals surface area contributed by atoms with Gasteiger partial charge in [-0.15, -0.1) is 0 Å². The van der Waals surface area contributed by atoms with Crippen molar-refractivity contribution in [1.82, 2.24) is 4.98 Å². The fraction of sp³-hybridized carbons (Fsp3) is 0.133. The number of methoxy groups -OCH3 is 1. The highest BCUT2D eigenvalue weighted by atomic mass is 79.9. The number of carbonyl (C=O) groups excluding carboxylic acids is 1. The Kier molecular flexibility index (Phi) is 5.80. The van der Waals surface area contributed by atoms with Crippen LogP contribution in [-0.2, 0) is 4.84 Å². The molecule has 0 saturated heterocycles. The number of ketones is 1. The lowest BCUT2D eigenvalue weighted by Gasteiger charge is -2.05. The van der Waals surface area contributed by atoms with E-state index in [0.29, 0.717) is 16.4 Å². The standard InChI is InChI=1S/C15H12BrF2N3O3/c1-23-15-11(16)2-3-12(20-15)14(19)21-24-7-13(22)8-4-9(17)6-10(18)5-8/h2-6H,7H2,1H3,(H2,19,21). The van der Waals surface area contributed by atoms with Crippen LogP contribution >= 0.6 is 15.9 Å². The van der Waals surface area contributed by atoms with Crippen LogP contribution in [0.2, 0.25) is 0 Å². The van der Waals surface area contributed by atoms with Crippen LogP contribution in [0.5, 0.6) is 5.88 Å². The summed E-state index contributed by atoms with van der Waals surface area (Å²) >= 11 is 3.24. The average molecular weight is 400 g/mol. The number of hydrogen-bond donors (Lipinski definition) is 1. The molecule has 1 heterocycles. The van der Waals surface area contributed by atoms with Crippen molar-refractivity contribution in [2.75, 3.05) is 13.7 Å². The van der Waals surface area contributed by atoms with Gasteiger partial charge in [-0.05, 0) is 40.2 Å². The number of rotatable bonds is 6. The van der Waals surface area contributed by atoms with Gasteiger partial charge in [0.2, 0.25) is 11.7 Å². The zero-order chi connectivity index (χ0) is 17.7. The molecule has 0 aliphatic rings. The van der Waals surface area contributed by atoms with Gasteiger partial charge in [-0.25, -0.2) is 13.8 Å². The third-order valence-corrected chi connectivity index (χ3v) is 3.42. The van der Waals surface area contributed by atoms with E-state index in [9.17, 15) is 13.6 Å². The molecular weight excluding hydrogens is 388 g/mol. The maximum Gasteiger partial charge on any atom is 0.228 e. The molecule has 0 aliphatic heterocycles. The van der Waals surface area contributed by atoms with Crippen molar-refractivity contribution in [1.29, 1.82) is 0 Å². The minimum atomic E-state index is -0.854. The van der Waals surface area contributed by atoms with Gasteiger partial charge < -0.3 is 15.3 Å². The van der Waals surface area contributed by atoms with Crippen molar-refractivity contribution in [3.05, 3.63) is 57.7 Å². The Bertz CT molecular complexity index is 779. The molecule has 9 heteroatoms. The van der Waals surface area contributed by atoms with Crippen LogP contribution in [0.1, 0.15) is 16.1 Å². The normalized spacial score (nSPS) is 11.2. The van der Waals surface area contributed by atoms with Gasteiger partial charge in [0.05, 0.1) is 11.6 Å². The Hall–Kier alpha value is -2.55. The summed E-state index contributed by atoms with van der Waals surface area (Å²) in [4.78, 5) is 20.7. The van der Waals surface area contributed by atoms with Crippen LogP contribution in [0.3, 0.4) is 0 Å². The molecule has 0 saturated carbocycles. The number of Topliss-reactive ketones (excluding diaryl/α,β-unsaturated/α-hetero) is 1. The van der Waals surface area contributed by atoms with Crippen molar-refractivity contribution in [3.63, 3.8) is 0 Å². The molecular formula is C15H12BrF2N3O3. The van der Waals surface area contributed by atoms with Gasteiger partial charge in [0.1, 0.15) is 17.3 Å². The largest absolute Gasteiger partial charge is 0.480 e. The number of pyridine rings is 1. The molecule has 0 spiro atoms. The highest BCUT2D eigenvalue weighted by Crippen LogP contribution is 2.21. The van der Waals surface area contributed by atoms with Gasteiger partial charge >= 0.3 is 0 Å². The van der Waals surface area contributed by atoms with E-state index >= 15 is 0 Å². The number of benzene rings is 1. The molecule has 0 amide bonds. The molecule has 1 aromatic carbocycles. The third kappa shape index (κ3) is 4.48. The van der Waals surface area contributed by atoms with Gasteiger partial charge in [-0.3, -0.25) is 4.79 Å². The molecule has 126 valence electrons. The summed E-state index contributed by atoms with van der Waals surface area (Å²) in [5.41, 5.74) is 5.82. The zero-order valence-corrected chi connectivity index (χ0v) is 14.0. The zero-order valence-electron chi connectivity index (χ0n) is 12.4. The molecule has 0 aliphatic carbocycles. The lowest BCUT2D eigenvalue weighted by Crippen LogP contribution is -2.17. The topological polar surface area (TPSA) is 86.8 Å². The Balaban J connectivity index is 2.03. The number of ether oxygens (including phenoxy) is 1. The van der Waals surface area contributed by atoms with E-state index in [4.69, 9.17) is 15.3 Å². The third-order valence-electron chi connectivity index (χ3n) is 2.81. The molecule has 2 rings (SSSR count). The van der Waals surface area contributed by atoms with Crippen LogP contribution < -0.4 is 10.5 Å². The van der Waals surface area contributed by atoms with Crippen LogP contribution in [0, 0.1) is 11.6 Å². The number of nitrogens with two attached hydrogens (primary N) is 1. The second-order valence-electron chi connectivity index (χ2n) is 4.52. The lowest BCUT2D eigenvalue weighted by atomic mass is 10.1. The Morgan fingerprint density at radius 1 is 1.29 bits per heavy atom. The van der Waals surface area contributed by atoms with Crippen LogP contribution in [0.15, 0.2) is 40.0 Å². The quantitative estimate of drug-likeness (QED) is 0.349. The maximum absolute atomic E-state index is 13.1. The Labute approximate surface area is 144 Å². The van der Waals surface area contributed by atoms with E-state index in [1.807, 2.05) is 0 Å². The first-order chi connectivity index (χ1) is 11.4. The highest BCUT2D eigenvalue weighted by Gasteiger charge is 2.11. The minimum absolute atomic E-state index is 0.0842. The fourth-order valence-corrected chi connectivity index (χ4v) is 2.10. The number of nitrogens with zero attached hydrogens (tertiary/aromatic N) is 2. The summed E-state index contributed by atoms with van der Waals surface area (Å²) in [5, 5.41) is 3.56. The SMILES string of the molecule is COc1nc(/C(N)=N/OCC(=O)c2cc(F)cc(F)c2)ccc1Br. The van der Waals surface area contributed by atoms with Crippen molar-refractivity contribution in [2.45, 2.75) is 0 Å². The number of amidine groups is 1. The number of oxime groups is 1. The van der Waals surface area contributed by atoms with Gasteiger partial charge in [0.15, 0.2) is 12.4 Å². The van der Waals surface area contributed by atoms with Crippen molar-refractivity contribution >= 4 is 27.5 Å². The van der Waals surface area contributed by atoms with E-state index in [0.717, 1.165) is 12.1 Å². The van der Waals surface area contributed by atoms with E-state index in [-0.39, 0.29) is 17.1 Å². The summed E-state index contributed by atoms with van der Waals surface area (Å²) in [6, 6.07) is 5.70. The number of halogens is 3. The summed E-state index contributed by atoms with van der Waals surface area (Å²) in [7, 11) is 1.44. The maximum atomic E-state index is 13.1. The van der Waals surface area contributed by atoms with Gasteiger partial charge in [0.25, 0.3) is 0 Å². The number of aromatic nitrogens is 1. The molecule has 0 fully saturated rings. The van der Waals surface area contributed by atoms with E-state index in [1.54, 1.807) is 12.1 Å². The summed E-state index contributed by atoms with van der Waals surface area (Å²) < 4.78 is 31.8. The molecule has 2 aromatic rings. The predicted octanol–water partition coefficient (Wildman–Crippen LogP) is 2.65. The Morgan fingerprint density at radius 3 is 2.58 bits per heavy atom. The second kappa shape index (κ2) is 7.82. The molecule has 0 bridgehead atoms. The van der Waals surface area contributed by atoms with Crippen molar-refractivity contribution < 1.29 is 23.1 Å². The van der Waals surface area contributed by atoms with Gasteiger partial charge in [-0.2, -0.15) is 0 Å². The molecule has 24 heavy (non-hydrogen) atoms. The molecule has 6 nitrogen and oxygen atoms in total. The first-order valence-electron chi connectivity index (χ1n) is 6.56. The molecule has 0 atom stereocenters. The van der Waals surface area contributed by atoms with Gasteiger partial charge in [-0.1, -0.05) is 5.16 Å². The van der Waals surface area contributed by atoms with Crippen LogP contribution in [0.4, 0.5) is 8.78 Å². The molecule has 2 N–H and O–H groups in total. The van der Waals surface area contributed by atoms with Gasteiger partial charge in [0, 0.05) is 11.6 Å². The molecule has 0 radical (unpaired) electrons. The molecule has 0 unspecified atom stereocenters. The first-order valence-corrected chi connectivity index (χ1v) is 7.35. The summed E-state index contributed by atoms with van der Waals surface area (Å²) in [5.74, 6) is -2.14. The average Bonchev–Trinajstić information content (AvgIpc) is 2.54. The highest BCUT2D eigenvalue weighted by molar-refractivity contribution is 9.10. The van der Waals surface area contributed by atoms with Crippen LogP contribution in [-0.4, -0.2) is 30.3 Å². The Morgan fingerprint density at radius 2 is 1.96 bits per heavy atom. The second-order valence-corrected chi connectivity index (χ2v) is 5.37. The predicted molar refractivity (Wildman–Crippen MR) is 85.9 cm³/mol. The smallest absolute Gasteiger partial charge is 0.228 e. The monoisotopic (exact) mass is 399 g/mol. The van der Waals surface area contributed by atoms with E-state index in [1.165, 1.54) is 7.11 Å². The van der Waals surface area contributed by atoms with E-state index in [2.05, 4.69) is 26.1 Å². The first kappa shape index (κ1) is 17.8. The minimum Gasteiger partial charge on any atom is -0.480 e. The van der Waals surface area contributed by atoms with Crippen molar-refractivity contribution in [2.24, 2.45) is 10.9 Å². The fourth-order valence-electron chi connectivity index (χ4n) is 1.71.